The number of guanidine groups is 1. The summed E-state index contributed by atoms with van der Waals surface area (Å²) in [4.78, 5) is 40.6. The van der Waals surface area contributed by atoms with E-state index in [-0.39, 0.29) is 45.9 Å². The molecule has 1 aliphatic rings. The number of hydrogen-bond acceptors (Lipinski definition) is 5. The zero-order chi connectivity index (χ0) is 26.9. The largest absolute Gasteiger partial charge is 0.480 e. The lowest BCUT2D eigenvalue weighted by atomic mass is 9.85. The molecule has 6 N–H and O–H groups in total. The van der Waals surface area contributed by atoms with Crippen LogP contribution in [0.25, 0.3) is 0 Å². The number of carbonyl (C=O) groups excluding carboxylic acids is 2. The molecule has 1 fully saturated rings. The highest BCUT2D eigenvalue weighted by Crippen LogP contribution is 2.26. The number of benzene rings is 2. The number of halogens is 2. The molecule has 2 amide bonds. The Labute approximate surface area is 223 Å². The maximum absolute atomic E-state index is 12.8. The molecule has 10 nitrogen and oxygen atoms in total. The van der Waals surface area contributed by atoms with Gasteiger partial charge in [-0.3, -0.25) is 9.59 Å². The van der Waals surface area contributed by atoms with Crippen molar-refractivity contribution >= 4 is 52.6 Å². The fraction of sp³-hybridized carbons (Fsp3) is 0.320. The van der Waals surface area contributed by atoms with E-state index >= 15 is 0 Å². The second kappa shape index (κ2) is 12.9. The normalized spacial score (nSPS) is 18.2. The molecule has 0 saturated heterocycles. The van der Waals surface area contributed by atoms with E-state index in [1.807, 2.05) is 0 Å². The first-order chi connectivity index (χ1) is 17.7. The van der Waals surface area contributed by atoms with Gasteiger partial charge in [0.25, 0.3) is 5.91 Å². The summed E-state index contributed by atoms with van der Waals surface area (Å²) in [6.07, 6.45) is 4.58. The van der Waals surface area contributed by atoms with E-state index in [4.69, 9.17) is 34.2 Å². The number of hydrogen-bond donors (Lipinski definition) is 5. The van der Waals surface area contributed by atoms with Crippen LogP contribution < -0.4 is 21.7 Å². The number of nitrogens with two attached hydrogens (primary N) is 1. The maximum Gasteiger partial charge on any atom is 0.326 e. The molecule has 0 spiro atoms. The van der Waals surface area contributed by atoms with Crippen LogP contribution in [-0.2, 0) is 16.0 Å². The van der Waals surface area contributed by atoms with Gasteiger partial charge in [-0.2, -0.15) is 5.26 Å². The van der Waals surface area contributed by atoms with Gasteiger partial charge in [0.1, 0.15) is 6.04 Å². The predicted octanol–water partition coefficient (Wildman–Crippen LogP) is 3.30. The van der Waals surface area contributed by atoms with Gasteiger partial charge in [0.05, 0.1) is 15.6 Å². The molecule has 2 aromatic rings. The number of aliphatic imine (C=N–C) groups is 1. The van der Waals surface area contributed by atoms with Crippen molar-refractivity contribution in [2.45, 2.75) is 44.2 Å². The van der Waals surface area contributed by atoms with Crippen LogP contribution in [0, 0.1) is 17.4 Å². The lowest BCUT2D eigenvalue weighted by Gasteiger charge is -2.29. The summed E-state index contributed by atoms with van der Waals surface area (Å²) in [6.45, 7) is 0. The van der Waals surface area contributed by atoms with E-state index in [0.717, 1.165) is 19.3 Å². The highest BCUT2D eigenvalue weighted by molar-refractivity contribution is 6.39. The monoisotopic (exact) mass is 544 g/mol. The lowest BCUT2D eigenvalue weighted by Crippen LogP contribution is -2.44. The summed E-state index contributed by atoms with van der Waals surface area (Å²) in [5, 5.41) is 26.8. The molecule has 1 aliphatic carbocycles. The number of anilines is 1. The topological polar surface area (TPSA) is 170 Å². The average Bonchev–Trinajstić information content (AvgIpc) is 2.85. The minimum Gasteiger partial charge on any atom is -0.480 e. The van der Waals surface area contributed by atoms with Crippen molar-refractivity contribution in [3.63, 3.8) is 0 Å². The molecule has 0 aromatic heterocycles. The van der Waals surface area contributed by atoms with Crippen LogP contribution in [0.3, 0.4) is 0 Å². The van der Waals surface area contributed by atoms with Crippen molar-refractivity contribution < 1.29 is 19.5 Å². The molecule has 0 aliphatic heterocycles. The molecule has 37 heavy (non-hydrogen) atoms. The van der Waals surface area contributed by atoms with Crippen LogP contribution in [0.15, 0.2) is 47.5 Å². The Morgan fingerprint density at radius 3 is 2.43 bits per heavy atom. The van der Waals surface area contributed by atoms with E-state index in [1.165, 1.54) is 12.1 Å². The highest BCUT2D eigenvalue weighted by atomic mass is 35.5. The summed E-state index contributed by atoms with van der Waals surface area (Å²) in [6, 6.07) is 10.0. The van der Waals surface area contributed by atoms with Gasteiger partial charge in [0, 0.05) is 24.1 Å². The number of carboxylic acids is 1. The molecular formula is C25H26Cl2N6O4. The molecule has 0 unspecified atom stereocenters. The number of nitrogens with one attached hydrogen (secondary N) is 3. The van der Waals surface area contributed by atoms with E-state index in [9.17, 15) is 19.5 Å². The number of aliphatic carboxylic acids is 1. The Morgan fingerprint density at radius 1 is 1.14 bits per heavy atom. The van der Waals surface area contributed by atoms with Crippen LogP contribution >= 0.6 is 23.2 Å². The zero-order valence-corrected chi connectivity index (χ0v) is 21.2. The van der Waals surface area contributed by atoms with Crippen LogP contribution in [0.4, 0.5) is 5.69 Å². The van der Waals surface area contributed by atoms with E-state index < -0.39 is 17.9 Å². The molecule has 3 rings (SSSR count). The van der Waals surface area contributed by atoms with Crippen molar-refractivity contribution in [2.75, 3.05) is 5.32 Å². The lowest BCUT2D eigenvalue weighted by molar-refractivity contribution is -0.139. The van der Waals surface area contributed by atoms with E-state index in [0.29, 0.717) is 17.7 Å². The Hall–Kier alpha value is -3.81. The first-order valence-corrected chi connectivity index (χ1v) is 12.3. The minimum atomic E-state index is -1.22. The van der Waals surface area contributed by atoms with Crippen molar-refractivity contribution in [3.8, 4) is 6.19 Å². The van der Waals surface area contributed by atoms with Crippen LogP contribution in [0.2, 0.25) is 10.0 Å². The first-order valence-electron chi connectivity index (χ1n) is 11.5. The SMILES string of the molecule is N#C/N=C(\N)N[C@H]1CCC[C@@H](C(=O)Nc2ccc(C[C@H](NC(=O)c3c(Cl)cccc3Cl)C(=O)O)cc2)C1. The second-order valence-electron chi connectivity index (χ2n) is 8.65. The van der Waals surface area contributed by atoms with Gasteiger partial charge in [-0.05, 0) is 49.1 Å². The van der Waals surface area contributed by atoms with Crippen LogP contribution in [0.5, 0.6) is 0 Å². The molecule has 194 valence electrons. The Morgan fingerprint density at radius 2 is 1.81 bits per heavy atom. The third-order valence-corrected chi connectivity index (χ3v) is 6.65. The number of amides is 2. The number of rotatable bonds is 8. The molecule has 12 heteroatoms. The summed E-state index contributed by atoms with van der Waals surface area (Å²) in [5.74, 6) is -2.23. The molecule has 0 heterocycles. The molecular weight excluding hydrogens is 519 g/mol. The quantitative estimate of drug-likeness (QED) is 0.193. The van der Waals surface area contributed by atoms with Crippen molar-refractivity contribution in [3.05, 3.63) is 63.6 Å². The molecule has 0 bridgehead atoms. The minimum absolute atomic E-state index is 0.00957. The predicted molar refractivity (Wildman–Crippen MR) is 140 cm³/mol. The number of nitriles is 1. The summed E-state index contributed by atoms with van der Waals surface area (Å²) in [5.41, 5.74) is 6.86. The Kier molecular flexibility index (Phi) is 9.71. The Balaban J connectivity index is 1.59. The third-order valence-electron chi connectivity index (χ3n) is 6.02. The van der Waals surface area contributed by atoms with Crippen LogP contribution in [0.1, 0.15) is 41.6 Å². The van der Waals surface area contributed by atoms with Gasteiger partial charge >= 0.3 is 5.97 Å². The number of carbonyl (C=O) groups is 3. The van der Waals surface area contributed by atoms with Crippen LogP contribution in [-0.4, -0.2) is 40.9 Å². The van der Waals surface area contributed by atoms with Gasteiger partial charge in [0.15, 0.2) is 0 Å². The van der Waals surface area contributed by atoms with Gasteiger partial charge in [-0.25, -0.2) is 4.79 Å². The standard InChI is InChI=1S/C25H26Cl2N6O4/c26-18-5-2-6-19(27)21(18)23(35)33-20(24(36)37)11-14-7-9-16(10-8-14)31-22(34)15-3-1-4-17(12-15)32-25(29)30-13-28/h2,5-10,15,17,20H,1,3-4,11-12H2,(H,31,34)(H,33,35)(H,36,37)(H3,29,30,32)/t15-,17+,20+/m1/s1. The summed E-state index contributed by atoms with van der Waals surface area (Å²) in [7, 11) is 0. The van der Waals surface area contributed by atoms with Gasteiger partial charge in [-0.15, -0.1) is 4.99 Å². The van der Waals surface area contributed by atoms with Crippen molar-refractivity contribution in [2.24, 2.45) is 16.6 Å². The van der Waals surface area contributed by atoms with Gasteiger partial charge in [0.2, 0.25) is 18.1 Å². The van der Waals surface area contributed by atoms with Crippen molar-refractivity contribution in [1.82, 2.24) is 10.6 Å². The summed E-state index contributed by atoms with van der Waals surface area (Å²) >= 11 is 12.1. The van der Waals surface area contributed by atoms with Gasteiger partial charge in [-0.1, -0.05) is 47.8 Å². The smallest absolute Gasteiger partial charge is 0.326 e. The number of nitrogens with zero attached hydrogens (tertiary/aromatic N) is 2. The first kappa shape index (κ1) is 27.8. The van der Waals surface area contributed by atoms with E-state index in [2.05, 4.69) is 20.9 Å². The molecule has 0 radical (unpaired) electrons. The fourth-order valence-corrected chi connectivity index (χ4v) is 4.77. The Bertz CT molecular complexity index is 1210. The molecule has 2 aromatic carbocycles. The zero-order valence-electron chi connectivity index (χ0n) is 19.7. The highest BCUT2D eigenvalue weighted by Gasteiger charge is 2.28. The molecule has 1 saturated carbocycles. The van der Waals surface area contributed by atoms with Gasteiger partial charge < -0.3 is 26.8 Å². The second-order valence-corrected chi connectivity index (χ2v) is 9.47. The average molecular weight is 545 g/mol. The number of carboxylic acid groups (broad SMARTS) is 1. The summed E-state index contributed by atoms with van der Waals surface area (Å²) < 4.78 is 0. The molecule has 3 atom stereocenters. The van der Waals surface area contributed by atoms with Crippen molar-refractivity contribution in [1.29, 1.82) is 5.26 Å². The maximum atomic E-state index is 12.8. The fourth-order valence-electron chi connectivity index (χ4n) is 4.20. The van der Waals surface area contributed by atoms with E-state index in [1.54, 1.807) is 36.5 Å². The third kappa shape index (κ3) is 7.84.